The third-order valence-electron chi connectivity index (χ3n) is 6.89. The van der Waals surface area contributed by atoms with Crippen LogP contribution in [0.3, 0.4) is 0 Å². The summed E-state index contributed by atoms with van der Waals surface area (Å²) in [6, 6.07) is 22.1. The van der Waals surface area contributed by atoms with E-state index in [2.05, 4.69) is 26.5 Å². The fourth-order valence-electron chi connectivity index (χ4n) is 4.95. The van der Waals surface area contributed by atoms with Crippen molar-refractivity contribution in [3.05, 3.63) is 95.3 Å². The third kappa shape index (κ3) is 6.79. The molecule has 2 heterocycles. The van der Waals surface area contributed by atoms with Gasteiger partial charge >= 0.3 is 35.5 Å². The molecule has 1 saturated heterocycles. The Morgan fingerprint density at radius 1 is 0.865 bits per heavy atom. The molecule has 0 spiro atoms. The average Bonchev–Trinajstić information content (AvgIpc) is 3.23. The topological polar surface area (TPSA) is 61.6 Å². The van der Waals surface area contributed by atoms with E-state index in [0.29, 0.717) is 12.1 Å². The van der Waals surface area contributed by atoms with Gasteiger partial charge in [-0.25, -0.2) is 14.2 Å². The molecule has 37 heavy (non-hydrogen) atoms. The van der Waals surface area contributed by atoms with E-state index in [0.717, 1.165) is 80.1 Å². The van der Waals surface area contributed by atoms with Gasteiger partial charge in [0, 0.05) is 19.6 Å². The van der Waals surface area contributed by atoms with Crippen molar-refractivity contribution in [2.45, 2.75) is 25.8 Å². The molecule has 0 atom stereocenters. The first-order valence-electron chi connectivity index (χ1n) is 12.6. The van der Waals surface area contributed by atoms with E-state index >= 15 is 0 Å². The molecule has 1 N–H and O–H groups in total. The van der Waals surface area contributed by atoms with Crippen LogP contribution in [0.2, 0.25) is 0 Å². The van der Waals surface area contributed by atoms with E-state index in [9.17, 15) is 9.18 Å². The summed E-state index contributed by atoms with van der Waals surface area (Å²) in [6.45, 7) is 5.51. The summed E-state index contributed by atoms with van der Waals surface area (Å²) in [7, 11) is 0. The number of hydrogen-bond donors (Lipinski definition) is 1. The molecule has 1 fully saturated rings. The summed E-state index contributed by atoms with van der Waals surface area (Å²) in [5, 5.41) is 9.08. The van der Waals surface area contributed by atoms with Crippen LogP contribution in [0, 0.1) is 5.82 Å². The van der Waals surface area contributed by atoms with Crippen molar-refractivity contribution in [3.63, 3.8) is 0 Å². The normalized spacial score (nSPS) is 14.7. The summed E-state index contributed by atoms with van der Waals surface area (Å²) in [4.78, 5) is 21.0. The predicted molar refractivity (Wildman–Crippen MR) is 147 cm³/mol. The number of anilines is 1. The number of aromatic carboxylic acids is 1. The second-order valence-electron chi connectivity index (χ2n) is 9.40. The summed E-state index contributed by atoms with van der Waals surface area (Å²) < 4.78 is 15.7. The van der Waals surface area contributed by atoms with Gasteiger partial charge in [0.2, 0.25) is 5.95 Å². The number of para-hydroxylation sites is 2. The Labute approximate surface area is 239 Å². The SMILES string of the molecule is O=C(O)c1ccc(CCN2CCCN(c3nc4ccccc4n3Cc3ccc(F)cc3)CCC2)cc1.[NaH]. The van der Waals surface area contributed by atoms with Crippen LogP contribution >= 0.6 is 0 Å². The van der Waals surface area contributed by atoms with E-state index < -0.39 is 5.97 Å². The van der Waals surface area contributed by atoms with Crippen LogP contribution in [0.4, 0.5) is 10.3 Å². The number of carboxylic acid groups (broad SMARTS) is 1. The maximum atomic E-state index is 13.4. The van der Waals surface area contributed by atoms with Crippen LogP contribution in [0.25, 0.3) is 11.0 Å². The zero-order chi connectivity index (χ0) is 24.9. The van der Waals surface area contributed by atoms with Gasteiger partial charge in [-0.05, 0) is 79.9 Å². The minimum absolute atomic E-state index is 0. The summed E-state index contributed by atoms with van der Waals surface area (Å²) >= 11 is 0. The molecule has 4 aromatic rings. The summed E-state index contributed by atoms with van der Waals surface area (Å²) in [6.07, 6.45) is 2.99. The van der Waals surface area contributed by atoms with Crippen molar-refractivity contribution < 1.29 is 14.3 Å². The molecule has 3 aromatic carbocycles. The fourth-order valence-corrected chi connectivity index (χ4v) is 4.95. The second kappa shape index (κ2) is 12.7. The first-order valence-corrected chi connectivity index (χ1v) is 12.6. The Morgan fingerprint density at radius 3 is 2.19 bits per heavy atom. The van der Waals surface area contributed by atoms with Crippen LogP contribution in [0.5, 0.6) is 0 Å². The first-order chi connectivity index (χ1) is 17.6. The number of imidazole rings is 1. The molecule has 0 bridgehead atoms. The van der Waals surface area contributed by atoms with Crippen LogP contribution in [-0.2, 0) is 13.0 Å². The molecule has 8 heteroatoms. The van der Waals surface area contributed by atoms with E-state index in [-0.39, 0.29) is 35.4 Å². The maximum absolute atomic E-state index is 13.4. The van der Waals surface area contributed by atoms with Gasteiger partial charge in [-0.1, -0.05) is 36.4 Å². The molecule has 0 saturated carbocycles. The molecule has 5 rings (SSSR count). The average molecular weight is 511 g/mol. The molecule has 0 unspecified atom stereocenters. The molecule has 1 aliphatic heterocycles. The number of aromatic nitrogens is 2. The van der Waals surface area contributed by atoms with Gasteiger partial charge in [-0.15, -0.1) is 0 Å². The van der Waals surface area contributed by atoms with Gasteiger partial charge in [0.15, 0.2) is 0 Å². The van der Waals surface area contributed by atoms with Crippen molar-refractivity contribution >= 4 is 52.5 Å². The van der Waals surface area contributed by atoms with E-state index in [1.54, 1.807) is 12.1 Å². The predicted octanol–water partition coefficient (Wildman–Crippen LogP) is 4.42. The molecule has 1 aromatic heterocycles. The molecule has 1 aliphatic rings. The third-order valence-corrected chi connectivity index (χ3v) is 6.89. The van der Waals surface area contributed by atoms with Crippen molar-refractivity contribution in [3.8, 4) is 0 Å². The quantitative estimate of drug-likeness (QED) is 0.373. The van der Waals surface area contributed by atoms with Crippen LogP contribution < -0.4 is 4.90 Å². The molecule has 6 nitrogen and oxygen atoms in total. The Hall–Kier alpha value is -2.71. The van der Waals surface area contributed by atoms with Crippen molar-refractivity contribution in [2.75, 3.05) is 37.6 Å². The van der Waals surface area contributed by atoms with Crippen LogP contribution in [-0.4, -0.2) is 87.8 Å². The van der Waals surface area contributed by atoms with Crippen LogP contribution in [0.15, 0.2) is 72.8 Å². The Balaban J connectivity index is 0.00000320. The van der Waals surface area contributed by atoms with E-state index in [1.165, 1.54) is 12.1 Å². The first kappa shape index (κ1) is 27.3. The standard InChI is InChI=1S/C29H31FN4O2.Na.H/c30-25-13-9-23(10-14-25)21-34-27-6-2-1-5-26(27)31-29(34)33-18-3-16-32(17-4-19-33)20-15-22-7-11-24(12-8-22)28(35)36;;/h1-2,5-14H,3-4,15-21H2,(H,35,36);;. The number of halogens is 1. The monoisotopic (exact) mass is 510 g/mol. The second-order valence-corrected chi connectivity index (χ2v) is 9.40. The minimum atomic E-state index is -0.888. The number of rotatable bonds is 7. The Morgan fingerprint density at radius 2 is 1.51 bits per heavy atom. The van der Waals surface area contributed by atoms with Gasteiger partial charge in [0.05, 0.1) is 23.1 Å². The number of carboxylic acids is 1. The van der Waals surface area contributed by atoms with Crippen LogP contribution in [0.1, 0.15) is 34.3 Å². The zero-order valence-electron chi connectivity index (χ0n) is 20.3. The number of benzene rings is 3. The van der Waals surface area contributed by atoms with E-state index in [1.807, 2.05) is 36.4 Å². The van der Waals surface area contributed by atoms with Crippen molar-refractivity contribution in [1.29, 1.82) is 0 Å². The number of fused-ring (bicyclic) bond motifs is 1. The Kier molecular flexibility index (Phi) is 9.38. The summed E-state index contributed by atoms with van der Waals surface area (Å²) in [5.74, 6) is -0.131. The number of hydrogen-bond acceptors (Lipinski definition) is 4. The molecule has 0 aliphatic carbocycles. The van der Waals surface area contributed by atoms with Gasteiger partial charge in [-0.2, -0.15) is 0 Å². The molecular weight excluding hydrogens is 478 g/mol. The zero-order valence-corrected chi connectivity index (χ0v) is 20.3. The van der Waals surface area contributed by atoms with Crippen molar-refractivity contribution in [1.82, 2.24) is 14.5 Å². The van der Waals surface area contributed by atoms with Gasteiger partial charge in [-0.3, -0.25) is 0 Å². The molecule has 0 radical (unpaired) electrons. The molecular formula is C29H32FN4NaO2. The number of nitrogens with zero attached hydrogens (tertiary/aromatic N) is 4. The van der Waals surface area contributed by atoms with Gasteiger partial charge < -0.3 is 19.5 Å². The van der Waals surface area contributed by atoms with Crippen molar-refractivity contribution in [2.24, 2.45) is 0 Å². The fraction of sp³-hybridized carbons (Fsp3) is 0.310. The Bertz CT molecular complexity index is 1310. The summed E-state index contributed by atoms with van der Waals surface area (Å²) in [5.41, 5.74) is 4.62. The van der Waals surface area contributed by atoms with Gasteiger partial charge in [0.25, 0.3) is 0 Å². The number of carbonyl (C=O) groups is 1. The van der Waals surface area contributed by atoms with E-state index in [4.69, 9.17) is 10.1 Å². The van der Waals surface area contributed by atoms with Gasteiger partial charge in [0.1, 0.15) is 5.82 Å². The molecule has 188 valence electrons. The molecule has 0 amide bonds.